The number of hydrogen-bond donors (Lipinski definition) is 1. The molecule has 0 unspecified atom stereocenters. The van der Waals surface area contributed by atoms with E-state index in [1.807, 2.05) is 26.0 Å². The highest BCUT2D eigenvalue weighted by atomic mass is 32.1. The quantitative estimate of drug-likeness (QED) is 0.455. The molecule has 3 aromatic rings. The fraction of sp³-hybridized carbons (Fsp3) is 0.217. The number of pyridine rings is 1. The lowest BCUT2D eigenvalue weighted by Gasteiger charge is -2.21. The molecule has 0 radical (unpaired) electrons. The van der Waals surface area contributed by atoms with Crippen molar-refractivity contribution in [1.82, 2.24) is 9.55 Å². The van der Waals surface area contributed by atoms with Crippen LogP contribution in [0, 0.1) is 13.8 Å². The Bertz CT molecular complexity index is 1290. The zero-order valence-electron chi connectivity index (χ0n) is 17.3. The van der Waals surface area contributed by atoms with Crippen LogP contribution in [0.3, 0.4) is 0 Å². The monoisotopic (exact) mass is 434 g/mol. The molecule has 1 amide bonds. The first kappa shape index (κ1) is 20.7. The van der Waals surface area contributed by atoms with Crippen LogP contribution in [0.15, 0.2) is 35.1 Å². The van der Waals surface area contributed by atoms with E-state index in [1.54, 1.807) is 16.7 Å². The van der Waals surface area contributed by atoms with Gasteiger partial charge in [0.15, 0.2) is 0 Å². The van der Waals surface area contributed by atoms with E-state index in [0.29, 0.717) is 29.3 Å². The zero-order chi connectivity index (χ0) is 22.0. The van der Waals surface area contributed by atoms with E-state index in [0.717, 1.165) is 45.8 Å². The molecular formula is C23H22N4O3S. The molecule has 158 valence electrons. The number of aromatic nitrogens is 2. The molecule has 1 N–H and O–H groups in total. The smallest absolute Gasteiger partial charge is 0.253 e. The van der Waals surface area contributed by atoms with Gasteiger partial charge in [-0.25, -0.2) is 4.98 Å². The van der Waals surface area contributed by atoms with Crippen molar-refractivity contribution in [3.05, 3.63) is 73.0 Å². The van der Waals surface area contributed by atoms with Gasteiger partial charge >= 0.3 is 0 Å². The van der Waals surface area contributed by atoms with Gasteiger partial charge < -0.3 is 4.57 Å². The van der Waals surface area contributed by atoms with Crippen LogP contribution >= 0.6 is 11.3 Å². The van der Waals surface area contributed by atoms with Gasteiger partial charge in [-0.05, 0) is 37.8 Å². The van der Waals surface area contributed by atoms with Crippen molar-refractivity contribution in [3.63, 3.8) is 0 Å². The molecule has 0 spiro atoms. The maximum Gasteiger partial charge on any atom is 0.253 e. The predicted octanol–water partition coefficient (Wildman–Crippen LogP) is 2.13. The summed E-state index contributed by atoms with van der Waals surface area (Å²) in [7, 11) is 0. The standard InChI is InChI=1S/C23H22N4O3S/c1-15-16(2)26(12-17-7-9-18(13-28)10-8-17)22(30)11-20(15)25-27(14-29)23-24-19-5-3-4-6-21(19)31-23/h5-11,13-14,25H,3-4,12H2,1-2H3. The van der Waals surface area contributed by atoms with Crippen LogP contribution in [0.5, 0.6) is 0 Å². The molecule has 8 heteroatoms. The Balaban J connectivity index is 1.63. The van der Waals surface area contributed by atoms with Crippen molar-refractivity contribution in [2.24, 2.45) is 0 Å². The summed E-state index contributed by atoms with van der Waals surface area (Å²) >= 11 is 1.44. The molecule has 2 heterocycles. The second-order valence-electron chi connectivity index (χ2n) is 7.37. The molecule has 0 saturated carbocycles. The Morgan fingerprint density at radius 3 is 2.58 bits per heavy atom. The molecule has 0 fully saturated rings. The lowest BCUT2D eigenvalue weighted by Crippen LogP contribution is -2.31. The van der Waals surface area contributed by atoms with Crippen molar-refractivity contribution in [2.45, 2.75) is 33.2 Å². The number of anilines is 2. The Kier molecular flexibility index (Phi) is 5.81. The Labute approximate surface area is 182 Å². The molecule has 4 rings (SSSR count). The third-order valence-electron chi connectivity index (χ3n) is 5.40. The normalized spacial score (nSPS) is 12.3. The first-order valence-corrected chi connectivity index (χ1v) is 10.8. The largest absolute Gasteiger partial charge is 0.308 e. The third kappa shape index (κ3) is 4.20. The van der Waals surface area contributed by atoms with Gasteiger partial charge in [0.2, 0.25) is 11.5 Å². The lowest BCUT2D eigenvalue weighted by molar-refractivity contribution is -0.107. The van der Waals surface area contributed by atoms with Crippen molar-refractivity contribution in [2.75, 3.05) is 10.4 Å². The lowest BCUT2D eigenvalue weighted by atomic mass is 10.1. The number of nitrogens with one attached hydrogen (secondary N) is 1. The minimum atomic E-state index is -0.184. The Morgan fingerprint density at radius 1 is 1.16 bits per heavy atom. The summed E-state index contributed by atoms with van der Waals surface area (Å²) in [5.74, 6) is 0. The number of rotatable bonds is 7. The van der Waals surface area contributed by atoms with Crippen LogP contribution in [-0.2, 0) is 11.3 Å². The van der Waals surface area contributed by atoms with Crippen molar-refractivity contribution < 1.29 is 9.59 Å². The number of carbonyl (C=O) groups is 2. The first-order chi connectivity index (χ1) is 15.0. The van der Waals surface area contributed by atoms with E-state index in [-0.39, 0.29) is 5.56 Å². The van der Waals surface area contributed by atoms with Crippen LogP contribution in [0.2, 0.25) is 0 Å². The zero-order valence-corrected chi connectivity index (χ0v) is 18.1. The SMILES string of the molecule is Cc1c(NN(C=O)c2nc3c(s2)=CCCC=3)cc(=O)n(Cc2ccc(C=O)cc2)c1C. The fourth-order valence-electron chi connectivity index (χ4n) is 3.48. The molecule has 0 atom stereocenters. The summed E-state index contributed by atoms with van der Waals surface area (Å²) < 4.78 is 2.73. The summed E-state index contributed by atoms with van der Waals surface area (Å²) in [6.45, 7) is 4.17. The Morgan fingerprint density at radius 2 is 1.90 bits per heavy atom. The van der Waals surface area contributed by atoms with Crippen LogP contribution in [0.1, 0.15) is 40.0 Å². The van der Waals surface area contributed by atoms with Gasteiger partial charge in [-0.3, -0.25) is 19.8 Å². The molecule has 0 aliphatic heterocycles. The highest BCUT2D eigenvalue weighted by Crippen LogP contribution is 2.20. The number of nitrogens with zero attached hydrogens (tertiary/aromatic N) is 3. The predicted molar refractivity (Wildman–Crippen MR) is 123 cm³/mol. The summed E-state index contributed by atoms with van der Waals surface area (Å²) in [5.41, 5.74) is 6.58. The molecular weight excluding hydrogens is 412 g/mol. The number of benzene rings is 1. The summed E-state index contributed by atoms with van der Waals surface area (Å²) in [5, 5.41) is 2.74. The van der Waals surface area contributed by atoms with Gasteiger partial charge in [0.25, 0.3) is 5.56 Å². The van der Waals surface area contributed by atoms with Crippen LogP contribution in [-0.4, -0.2) is 22.2 Å². The van der Waals surface area contributed by atoms with Crippen molar-refractivity contribution in [3.8, 4) is 0 Å². The van der Waals surface area contributed by atoms with Gasteiger partial charge in [0.05, 0.1) is 22.1 Å². The summed E-state index contributed by atoms with van der Waals surface area (Å²) in [6.07, 6.45) is 7.56. The Hall–Kier alpha value is -3.52. The molecule has 0 bridgehead atoms. The van der Waals surface area contributed by atoms with E-state index in [4.69, 9.17) is 0 Å². The van der Waals surface area contributed by atoms with E-state index in [1.165, 1.54) is 22.4 Å². The van der Waals surface area contributed by atoms with Crippen molar-refractivity contribution >= 4 is 47.0 Å². The third-order valence-corrected chi connectivity index (χ3v) is 6.46. The van der Waals surface area contributed by atoms with Gasteiger partial charge in [-0.2, -0.15) is 5.01 Å². The average molecular weight is 435 g/mol. The number of fused-ring (bicyclic) bond motifs is 1. The highest BCUT2D eigenvalue weighted by Gasteiger charge is 2.15. The highest BCUT2D eigenvalue weighted by molar-refractivity contribution is 7.13. The number of hydrogen-bond acceptors (Lipinski definition) is 6. The number of thiazole rings is 1. The van der Waals surface area contributed by atoms with Crippen molar-refractivity contribution in [1.29, 1.82) is 0 Å². The second kappa shape index (κ2) is 8.69. The van der Waals surface area contributed by atoms with Crippen LogP contribution < -0.4 is 25.9 Å². The van der Waals surface area contributed by atoms with Gasteiger partial charge in [-0.1, -0.05) is 47.8 Å². The maximum atomic E-state index is 12.8. The van der Waals surface area contributed by atoms with E-state index in [2.05, 4.69) is 22.6 Å². The molecule has 2 aromatic heterocycles. The van der Waals surface area contributed by atoms with E-state index >= 15 is 0 Å². The maximum absolute atomic E-state index is 12.8. The first-order valence-electron chi connectivity index (χ1n) is 9.93. The van der Waals surface area contributed by atoms with Gasteiger partial charge in [0.1, 0.15) is 6.29 Å². The minimum Gasteiger partial charge on any atom is -0.308 e. The average Bonchev–Trinajstić information content (AvgIpc) is 3.22. The molecule has 0 saturated heterocycles. The van der Waals surface area contributed by atoms with E-state index in [9.17, 15) is 14.4 Å². The second-order valence-corrected chi connectivity index (χ2v) is 8.38. The topological polar surface area (TPSA) is 84.3 Å². The molecule has 31 heavy (non-hydrogen) atoms. The number of hydrazine groups is 1. The van der Waals surface area contributed by atoms with Gasteiger partial charge in [0, 0.05) is 17.3 Å². The molecule has 1 aliphatic carbocycles. The number of amides is 1. The fourth-order valence-corrected chi connectivity index (χ4v) is 4.44. The molecule has 7 nitrogen and oxygen atoms in total. The van der Waals surface area contributed by atoms with E-state index < -0.39 is 0 Å². The minimum absolute atomic E-state index is 0.184. The number of aldehydes is 1. The van der Waals surface area contributed by atoms with Crippen LogP contribution in [0.25, 0.3) is 12.2 Å². The number of carbonyl (C=O) groups excluding carboxylic acids is 2. The summed E-state index contributed by atoms with van der Waals surface area (Å²) in [6, 6.07) is 8.63. The van der Waals surface area contributed by atoms with Gasteiger partial charge in [-0.15, -0.1) is 0 Å². The molecule has 1 aromatic carbocycles. The summed E-state index contributed by atoms with van der Waals surface area (Å²) in [4.78, 5) is 40.0. The van der Waals surface area contributed by atoms with Crippen LogP contribution in [0.4, 0.5) is 10.8 Å². The molecule has 1 aliphatic rings.